The molecular formula is C43H53F2N11O6. The van der Waals surface area contributed by atoms with Gasteiger partial charge in [-0.25, -0.2) is 23.5 Å². The Hall–Kier alpha value is -5.79. The van der Waals surface area contributed by atoms with Gasteiger partial charge in [0.15, 0.2) is 11.4 Å². The maximum absolute atomic E-state index is 14.1. The summed E-state index contributed by atoms with van der Waals surface area (Å²) < 4.78 is 44.4. The van der Waals surface area contributed by atoms with Crippen molar-refractivity contribution in [1.82, 2.24) is 44.4 Å². The van der Waals surface area contributed by atoms with Crippen LogP contribution >= 0.6 is 0 Å². The average molecular weight is 858 g/mol. The molecule has 0 radical (unpaired) electrons. The number of carbonyl (C=O) groups excluding carboxylic acids is 3. The molecule has 5 aromatic rings. The topological polar surface area (TPSA) is 195 Å². The molecule has 3 aliphatic rings. The molecule has 19 heteroatoms. The number of hydrogen-bond acceptors (Lipinski definition) is 12. The first-order valence-corrected chi connectivity index (χ1v) is 21.4. The number of nitrogens with one attached hydrogen (secondary N) is 4. The number of nitrogens with zero attached hydrogens (tertiary/aromatic N) is 7. The molecule has 0 bridgehead atoms. The van der Waals surface area contributed by atoms with Gasteiger partial charge in [-0.15, -0.1) is 0 Å². The summed E-state index contributed by atoms with van der Waals surface area (Å²) in [5.74, 6) is 0.564. The minimum absolute atomic E-state index is 0.0366. The Kier molecular flexibility index (Phi) is 13.2. The number of benzene rings is 1. The van der Waals surface area contributed by atoms with Crippen LogP contribution in [0.25, 0.3) is 22.5 Å². The zero-order valence-corrected chi connectivity index (χ0v) is 34.9. The van der Waals surface area contributed by atoms with Gasteiger partial charge in [-0.3, -0.25) is 33.5 Å². The predicted molar refractivity (Wildman–Crippen MR) is 226 cm³/mol. The van der Waals surface area contributed by atoms with Crippen LogP contribution in [-0.4, -0.2) is 97.9 Å². The van der Waals surface area contributed by atoms with E-state index in [2.05, 4.69) is 48.3 Å². The zero-order valence-electron chi connectivity index (χ0n) is 34.9. The van der Waals surface area contributed by atoms with Crippen molar-refractivity contribution >= 4 is 40.3 Å². The number of aromatic nitrogens is 6. The van der Waals surface area contributed by atoms with Crippen molar-refractivity contribution in [3.05, 3.63) is 76.4 Å². The fraction of sp³-hybridized carbons (Fsp3) is 0.512. The summed E-state index contributed by atoms with van der Waals surface area (Å²) in [4.78, 5) is 61.5. The number of hydrogen-bond donors (Lipinski definition) is 4. The molecule has 2 saturated carbocycles. The molecule has 3 fully saturated rings. The highest BCUT2D eigenvalue weighted by atomic mass is 19.3. The van der Waals surface area contributed by atoms with Gasteiger partial charge < -0.3 is 30.0 Å². The van der Waals surface area contributed by atoms with Crippen LogP contribution in [0.4, 0.5) is 20.3 Å². The molecule has 4 aromatic heterocycles. The van der Waals surface area contributed by atoms with Crippen molar-refractivity contribution in [2.24, 2.45) is 18.9 Å². The second-order valence-corrected chi connectivity index (χ2v) is 16.6. The lowest BCUT2D eigenvalue weighted by atomic mass is 9.86. The Morgan fingerprint density at radius 2 is 1.87 bits per heavy atom. The summed E-state index contributed by atoms with van der Waals surface area (Å²) in [6.45, 7) is 4.65. The molecule has 5 heterocycles. The highest BCUT2D eigenvalue weighted by Crippen LogP contribution is 2.35. The van der Waals surface area contributed by atoms with E-state index in [0.29, 0.717) is 55.0 Å². The van der Waals surface area contributed by atoms with Crippen LogP contribution in [0.15, 0.2) is 58.2 Å². The van der Waals surface area contributed by atoms with Gasteiger partial charge in [0, 0.05) is 64.1 Å². The van der Waals surface area contributed by atoms with E-state index in [1.807, 2.05) is 18.2 Å². The van der Waals surface area contributed by atoms with Gasteiger partial charge in [0.25, 0.3) is 12.3 Å². The minimum atomic E-state index is -2.88. The number of oxazole rings is 1. The quantitative estimate of drug-likeness (QED) is 0.0639. The van der Waals surface area contributed by atoms with Gasteiger partial charge in [-0.1, -0.05) is 12.1 Å². The molecule has 330 valence electrons. The Morgan fingerprint density at radius 1 is 1.06 bits per heavy atom. The van der Waals surface area contributed by atoms with Crippen LogP contribution in [-0.2, 0) is 27.9 Å². The lowest BCUT2D eigenvalue weighted by Crippen LogP contribution is -2.44. The molecule has 17 nitrogen and oxygen atoms in total. The number of fused-ring (bicyclic) bond motifs is 1. The molecule has 1 aromatic carbocycles. The van der Waals surface area contributed by atoms with Crippen LogP contribution in [0.2, 0.25) is 0 Å². The second kappa shape index (κ2) is 19.1. The Bertz CT molecular complexity index is 2450. The maximum atomic E-state index is 14.1. The molecule has 1 unspecified atom stereocenters. The molecule has 1 atom stereocenters. The molecule has 2 aliphatic carbocycles. The van der Waals surface area contributed by atoms with Crippen molar-refractivity contribution in [2.45, 2.75) is 76.4 Å². The minimum Gasteiger partial charge on any atom is -0.444 e. The fourth-order valence-corrected chi connectivity index (χ4v) is 8.48. The number of amides is 3. The summed E-state index contributed by atoms with van der Waals surface area (Å²) in [7, 11) is 3.76. The molecule has 4 N–H and O–H groups in total. The van der Waals surface area contributed by atoms with Crippen LogP contribution in [0.3, 0.4) is 0 Å². The highest BCUT2D eigenvalue weighted by molar-refractivity contribution is 6.03. The van der Waals surface area contributed by atoms with Gasteiger partial charge in [0.1, 0.15) is 18.1 Å². The van der Waals surface area contributed by atoms with Gasteiger partial charge in [-0.05, 0) is 87.6 Å². The number of rotatable bonds is 19. The van der Waals surface area contributed by atoms with Gasteiger partial charge >= 0.3 is 5.69 Å². The van der Waals surface area contributed by atoms with E-state index in [9.17, 15) is 28.0 Å². The third kappa shape index (κ3) is 9.95. The van der Waals surface area contributed by atoms with Crippen molar-refractivity contribution in [1.29, 1.82) is 0 Å². The molecule has 0 spiro atoms. The average Bonchev–Trinajstić information content (AvgIpc) is 3.66. The molecule has 8 rings (SSSR count). The van der Waals surface area contributed by atoms with E-state index in [1.54, 1.807) is 34.6 Å². The summed E-state index contributed by atoms with van der Waals surface area (Å²) in [6, 6.07) is 8.36. The molecule has 1 aliphatic heterocycles. The number of imidazole rings is 1. The number of halogens is 2. The SMILES string of the molecule is CN(CCOCCNCc1cccc2c1n(C)c(=O)n2C1CCC(=O)NC1=O)CC1CCC(n2cc(NC(=O)c3coc(-c4ccnc(NCC5CC5)c4)n3)c(C(F)F)n2)CC1. The van der Waals surface area contributed by atoms with Crippen molar-refractivity contribution in [3.8, 4) is 11.5 Å². The number of carbonyl (C=O) groups is 3. The number of anilines is 2. The fourth-order valence-electron chi connectivity index (χ4n) is 8.48. The summed E-state index contributed by atoms with van der Waals surface area (Å²) in [5.41, 5.74) is 2.09. The van der Waals surface area contributed by atoms with Gasteiger partial charge in [0.05, 0.1) is 36.0 Å². The van der Waals surface area contributed by atoms with Crippen molar-refractivity contribution in [3.63, 3.8) is 0 Å². The predicted octanol–water partition coefficient (Wildman–Crippen LogP) is 5.05. The molecule has 1 saturated heterocycles. The monoisotopic (exact) mass is 857 g/mol. The lowest BCUT2D eigenvalue weighted by Gasteiger charge is -2.31. The Balaban J connectivity index is 0.752. The number of piperidine rings is 1. The van der Waals surface area contributed by atoms with E-state index in [-0.39, 0.29) is 47.8 Å². The highest BCUT2D eigenvalue weighted by Gasteiger charge is 2.32. The van der Waals surface area contributed by atoms with E-state index >= 15 is 0 Å². The standard InChI is InChI=1S/C43H53F2N11O6/c1-53(17-19-61-18-16-46-22-29-4-3-5-33-38(29)54(2)43(60)56(33)34-12-13-36(57)51-41(34)59)23-27-8-10-30(11-9-27)55-24-31(37(52-55)39(44)45)49-40(58)32-25-62-42(50-32)28-14-15-47-35(20-28)48-21-26-6-7-26/h3-5,14-15,20,24-27,30,34,39,46H,6-13,16-19,21-23H2,1-2H3,(H,47,48)(H,49,58)(H,51,57,59). The summed E-state index contributed by atoms with van der Waals surface area (Å²) in [6.07, 6.45) is 7.72. The number of aryl methyl sites for hydroxylation is 1. The number of para-hydroxylation sites is 1. The number of likely N-dealkylation sites (N-methyl/N-ethyl adjacent to an activating group) is 1. The number of pyridine rings is 1. The maximum Gasteiger partial charge on any atom is 0.329 e. The zero-order chi connectivity index (χ0) is 43.3. The van der Waals surface area contributed by atoms with Crippen LogP contribution in [0.5, 0.6) is 0 Å². The smallest absolute Gasteiger partial charge is 0.329 e. The van der Waals surface area contributed by atoms with E-state index < -0.39 is 30.0 Å². The van der Waals surface area contributed by atoms with Crippen LogP contribution < -0.4 is 27.0 Å². The molecule has 3 amide bonds. The number of ether oxygens (including phenoxy) is 1. The number of imide groups is 1. The van der Waals surface area contributed by atoms with Crippen LogP contribution in [0.1, 0.15) is 91.6 Å². The number of alkyl halides is 2. The first kappa shape index (κ1) is 42.9. The van der Waals surface area contributed by atoms with Crippen molar-refractivity contribution in [2.75, 3.05) is 57.1 Å². The first-order chi connectivity index (χ1) is 30.0. The molecular weight excluding hydrogens is 805 g/mol. The first-order valence-electron chi connectivity index (χ1n) is 21.4. The summed E-state index contributed by atoms with van der Waals surface area (Å²) >= 11 is 0. The Labute approximate surface area is 356 Å². The third-order valence-corrected chi connectivity index (χ3v) is 12.1. The van der Waals surface area contributed by atoms with Crippen LogP contribution in [0, 0.1) is 11.8 Å². The Morgan fingerprint density at radius 3 is 2.65 bits per heavy atom. The normalized spacial score (nSPS) is 19.4. The lowest BCUT2D eigenvalue weighted by molar-refractivity contribution is -0.135. The van der Waals surface area contributed by atoms with E-state index in [0.717, 1.165) is 56.4 Å². The van der Waals surface area contributed by atoms with E-state index in [4.69, 9.17) is 9.15 Å². The third-order valence-electron chi connectivity index (χ3n) is 12.1. The summed E-state index contributed by atoms with van der Waals surface area (Å²) in [5, 5.41) is 15.8. The van der Waals surface area contributed by atoms with Gasteiger partial charge in [-0.2, -0.15) is 5.10 Å². The second-order valence-electron chi connectivity index (χ2n) is 16.6. The van der Waals surface area contributed by atoms with Gasteiger partial charge in [0.2, 0.25) is 17.7 Å². The molecule has 62 heavy (non-hydrogen) atoms. The van der Waals surface area contributed by atoms with E-state index in [1.165, 1.54) is 29.9 Å². The largest absolute Gasteiger partial charge is 0.444 e. The van der Waals surface area contributed by atoms with Crippen molar-refractivity contribution < 1.29 is 32.3 Å².